The van der Waals surface area contributed by atoms with Gasteiger partial charge in [0.05, 0.1) is 0 Å². The molecule has 0 aliphatic heterocycles. The molecule has 2 aromatic carbocycles. The van der Waals surface area contributed by atoms with Crippen LogP contribution in [0.2, 0.25) is 0 Å². The van der Waals surface area contributed by atoms with E-state index < -0.39 is 5.91 Å². The molecule has 2 rings (SSSR count). The number of carbonyl (C=O) groups excluding carboxylic acids is 2. The average Bonchev–Trinajstić information content (AvgIpc) is 2.48. The van der Waals surface area contributed by atoms with Gasteiger partial charge in [0.1, 0.15) is 0 Å². The summed E-state index contributed by atoms with van der Waals surface area (Å²) in [6, 6.07) is 13.9. The van der Waals surface area contributed by atoms with Crippen molar-refractivity contribution in [1.29, 1.82) is 0 Å². The maximum Gasteiger partial charge on any atom is 0.274 e. The van der Waals surface area contributed by atoms with Crippen LogP contribution in [0.15, 0.2) is 48.5 Å². The first-order valence-corrected chi connectivity index (χ1v) is 6.01. The zero-order valence-electron chi connectivity index (χ0n) is 10.9. The molecule has 0 atom stereocenters. The summed E-state index contributed by atoms with van der Waals surface area (Å²) in [6.07, 6.45) is 0.718. The van der Waals surface area contributed by atoms with E-state index in [1.807, 2.05) is 31.2 Å². The molecule has 0 radical (unpaired) electrons. The zero-order chi connectivity index (χ0) is 14.5. The van der Waals surface area contributed by atoms with Gasteiger partial charge in [0, 0.05) is 16.9 Å². The van der Waals surface area contributed by atoms with Crippen LogP contribution in [0.1, 0.15) is 15.9 Å². The summed E-state index contributed by atoms with van der Waals surface area (Å²) in [7, 11) is 0. The number of hydrogen-bond acceptors (Lipinski definition) is 3. The minimum Gasteiger partial charge on any atom is -0.288 e. The Morgan fingerprint density at radius 1 is 1.15 bits per heavy atom. The highest BCUT2D eigenvalue weighted by atomic mass is 16.5. The first-order valence-electron chi connectivity index (χ1n) is 6.01. The first-order chi connectivity index (χ1) is 9.65. The number of anilines is 2. The third-order valence-electron chi connectivity index (χ3n) is 2.89. The van der Waals surface area contributed by atoms with Gasteiger partial charge in [0.25, 0.3) is 5.91 Å². The van der Waals surface area contributed by atoms with E-state index >= 15 is 0 Å². The molecule has 0 aliphatic rings. The van der Waals surface area contributed by atoms with Crippen LogP contribution >= 0.6 is 0 Å². The minimum absolute atomic E-state index is 0.311. The molecule has 0 spiro atoms. The van der Waals surface area contributed by atoms with Crippen LogP contribution in [0.5, 0.6) is 0 Å². The van der Waals surface area contributed by atoms with E-state index in [1.165, 1.54) is 17.0 Å². The Labute approximate surface area is 116 Å². The number of amides is 2. The molecule has 2 N–H and O–H groups in total. The Morgan fingerprint density at radius 2 is 1.85 bits per heavy atom. The smallest absolute Gasteiger partial charge is 0.274 e. The van der Waals surface area contributed by atoms with Crippen LogP contribution in [0.4, 0.5) is 11.4 Å². The van der Waals surface area contributed by atoms with Gasteiger partial charge in [-0.05, 0) is 48.9 Å². The lowest BCUT2D eigenvalue weighted by atomic mass is 10.1. The number of hydrogen-bond donors (Lipinski definition) is 2. The minimum atomic E-state index is -0.593. The number of nitrogens with zero attached hydrogens (tertiary/aromatic N) is 1. The van der Waals surface area contributed by atoms with Gasteiger partial charge in [-0.3, -0.25) is 19.7 Å². The Bertz CT molecular complexity index is 623. The second-order valence-corrected chi connectivity index (χ2v) is 4.30. The van der Waals surface area contributed by atoms with Gasteiger partial charge < -0.3 is 0 Å². The summed E-state index contributed by atoms with van der Waals surface area (Å²) in [5.41, 5.74) is 4.31. The van der Waals surface area contributed by atoms with E-state index in [0.717, 1.165) is 17.7 Å². The van der Waals surface area contributed by atoms with Crippen LogP contribution < -0.4 is 10.4 Å². The van der Waals surface area contributed by atoms with Crippen molar-refractivity contribution >= 4 is 23.7 Å². The van der Waals surface area contributed by atoms with E-state index in [2.05, 4.69) is 0 Å². The summed E-state index contributed by atoms with van der Waals surface area (Å²) < 4.78 is 0. The SMILES string of the molecule is Cc1cccc(N(C=O)c2ccc(C(=O)NO)cc2)c1. The lowest BCUT2D eigenvalue weighted by Crippen LogP contribution is -2.19. The molecule has 0 aliphatic carbocycles. The molecule has 2 amide bonds. The molecule has 5 heteroatoms. The van der Waals surface area contributed by atoms with Crippen LogP contribution in [-0.4, -0.2) is 17.5 Å². The molecule has 2 aromatic rings. The molecule has 5 nitrogen and oxygen atoms in total. The van der Waals surface area contributed by atoms with Crippen molar-refractivity contribution in [3.05, 3.63) is 59.7 Å². The molecule has 0 fully saturated rings. The van der Waals surface area contributed by atoms with Crippen LogP contribution in [0.25, 0.3) is 0 Å². The highest BCUT2D eigenvalue weighted by Crippen LogP contribution is 2.24. The summed E-state index contributed by atoms with van der Waals surface area (Å²) in [5.74, 6) is -0.593. The first kappa shape index (κ1) is 13.8. The second kappa shape index (κ2) is 5.99. The molecular weight excluding hydrogens is 256 g/mol. The van der Waals surface area contributed by atoms with E-state index in [4.69, 9.17) is 5.21 Å². The predicted octanol–water partition coefficient (Wildman–Crippen LogP) is 2.41. The van der Waals surface area contributed by atoms with Gasteiger partial charge in [-0.25, -0.2) is 5.48 Å². The van der Waals surface area contributed by atoms with E-state index in [-0.39, 0.29) is 0 Å². The topological polar surface area (TPSA) is 69.6 Å². The van der Waals surface area contributed by atoms with E-state index in [9.17, 15) is 9.59 Å². The summed E-state index contributed by atoms with van der Waals surface area (Å²) in [5, 5.41) is 8.56. The monoisotopic (exact) mass is 270 g/mol. The number of nitrogens with one attached hydrogen (secondary N) is 1. The number of aryl methyl sites for hydroxylation is 1. The molecule has 0 aromatic heterocycles. The predicted molar refractivity (Wildman–Crippen MR) is 75.1 cm³/mol. The fourth-order valence-electron chi connectivity index (χ4n) is 1.89. The molecule has 0 saturated heterocycles. The van der Waals surface area contributed by atoms with E-state index in [0.29, 0.717) is 11.3 Å². The fourth-order valence-corrected chi connectivity index (χ4v) is 1.89. The maximum absolute atomic E-state index is 11.3. The Hall–Kier alpha value is -2.66. The van der Waals surface area contributed by atoms with Crippen molar-refractivity contribution in [2.75, 3.05) is 4.90 Å². The van der Waals surface area contributed by atoms with Gasteiger partial charge in [0.2, 0.25) is 6.41 Å². The lowest BCUT2D eigenvalue weighted by Gasteiger charge is -2.18. The summed E-state index contributed by atoms with van der Waals surface area (Å²) in [6.45, 7) is 1.95. The van der Waals surface area contributed by atoms with Gasteiger partial charge in [-0.15, -0.1) is 0 Å². The van der Waals surface area contributed by atoms with Crippen LogP contribution in [-0.2, 0) is 4.79 Å². The largest absolute Gasteiger partial charge is 0.288 e. The standard InChI is InChI=1S/C15H14N2O3/c1-11-3-2-4-14(9-11)17(10-18)13-7-5-12(6-8-13)15(19)16-20/h2-10,20H,1H3,(H,16,19). The van der Waals surface area contributed by atoms with Crippen molar-refractivity contribution in [2.24, 2.45) is 0 Å². The average molecular weight is 270 g/mol. The maximum atomic E-state index is 11.3. The van der Waals surface area contributed by atoms with Crippen molar-refractivity contribution in [2.45, 2.75) is 6.92 Å². The zero-order valence-corrected chi connectivity index (χ0v) is 10.9. The summed E-state index contributed by atoms with van der Waals surface area (Å²) in [4.78, 5) is 24.0. The second-order valence-electron chi connectivity index (χ2n) is 4.30. The molecule has 0 saturated carbocycles. The number of carbonyl (C=O) groups is 2. The molecular formula is C15H14N2O3. The van der Waals surface area contributed by atoms with Gasteiger partial charge in [-0.1, -0.05) is 12.1 Å². The summed E-state index contributed by atoms with van der Waals surface area (Å²) >= 11 is 0. The number of benzene rings is 2. The number of hydroxylamine groups is 1. The van der Waals surface area contributed by atoms with Crippen molar-refractivity contribution < 1.29 is 14.8 Å². The van der Waals surface area contributed by atoms with Crippen LogP contribution in [0.3, 0.4) is 0 Å². The van der Waals surface area contributed by atoms with Gasteiger partial charge in [0.15, 0.2) is 0 Å². The molecule has 20 heavy (non-hydrogen) atoms. The molecule has 0 heterocycles. The Kier molecular flexibility index (Phi) is 4.12. The third-order valence-corrected chi connectivity index (χ3v) is 2.89. The highest BCUT2D eigenvalue weighted by Gasteiger charge is 2.10. The van der Waals surface area contributed by atoms with E-state index in [1.54, 1.807) is 17.6 Å². The lowest BCUT2D eigenvalue weighted by molar-refractivity contribution is -0.106. The van der Waals surface area contributed by atoms with Gasteiger partial charge in [-0.2, -0.15) is 0 Å². The number of rotatable bonds is 4. The quantitative estimate of drug-likeness (QED) is 0.509. The normalized spacial score (nSPS) is 9.90. The fraction of sp³-hybridized carbons (Fsp3) is 0.0667. The molecule has 0 bridgehead atoms. The molecule has 0 unspecified atom stereocenters. The third kappa shape index (κ3) is 2.84. The Morgan fingerprint density at radius 3 is 2.40 bits per heavy atom. The molecule has 102 valence electrons. The Balaban J connectivity index is 2.33. The van der Waals surface area contributed by atoms with Crippen molar-refractivity contribution in [1.82, 2.24) is 5.48 Å². The van der Waals surface area contributed by atoms with Crippen molar-refractivity contribution in [3.63, 3.8) is 0 Å². The van der Waals surface area contributed by atoms with Crippen LogP contribution in [0, 0.1) is 6.92 Å². The van der Waals surface area contributed by atoms with Crippen molar-refractivity contribution in [3.8, 4) is 0 Å². The van der Waals surface area contributed by atoms with Gasteiger partial charge >= 0.3 is 0 Å². The highest BCUT2D eigenvalue weighted by molar-refractivity contribution is 5.94.